The number of rotatable bonds is 6. The molecule has 0 radical (unpaired) electrons. The molecule has 1 aliphatic heterocycles. The summed E-state index contributed by atoms with van der Waals surface area (Å²) in [7, 11) is 0. The van der Waals surface area contributed by atoms with Crippen molar-refractivity contribution in [3.8, 4) is 5.75 Å². The number of aryl methyl sites for hydroxylation is 4. The van der Waals surface area contributed by atoms with Crippen LogP contribution in [-0.4, -0.2) is 28.6 Å². The maximum absolute atomic E-state index is 13.1. The second kappa shape index (κ2) is 8.98. The minimum Gasteiger partial charge on any atom is -0.491 e. The lowest BCUT2D eigenvalue weighted by Crippen LogP contribution is -2.26. The zero-order valence-corrected chi connectivity index (χ0v) is 20.3. The number of hydrogen-bond acceptors (Lipinski definition) is 3. The Hall–Kier alpha value is -3.60. The van der Waals surface area contributed by atoms with E-state index in [0.29, 0.717) is 26.1 Å². The van der Waals surface area contributed by atoms with Crippen LogP contribution in [0, 0.1) is 27.7 Å². The molecule has 1 aliphatic rings. The molecular formula is C29H31N3O2. The van der Waals surface area contributed by atoms with Crippen LogP contribution < -0.4 is 9.64 Å². The fraction of sp³-hybridized carbons (Fsp3) is 0.310. The highest BCUT2D eigenvalue weighted by Gasteiger charge is 2.35. The number of aromatic nitrogens is 2. The third-order valence-corrected chi connectivity index (χ3v) is 6.85. The van der Waals surface area contributed by atoms with Crippen molar-refractivity contribution in [3.05, 3.63) is 88.7 Å². The lowest BCUT2D eigenvalue weighted by atomic mass is 10.1. The molecule has 174 valence electrons. The second-order valence-electron chi connectivity index (χ2n) is 9.33. The number of hydrogen-bond donors (Lipinski definition) is 0. The van der Waals surface area contributed by atoms with Gasteiger partial charge in [0, 0.05) is 24.6 Å². The number of carbonyl (C=O) groups excluding carboxylic acids is 1. The fourth-order valence-corrected chi connectivity index (χ4v) is 5.23. The highest BCUT2D eigenvalue weighted by atomic mass is 16.5. The smallest absolute Gasteiger partial charge is 0.227 e. The molecule has 1 saturated heterocycles. The highest BCUT2D eigenvalue weighted by Crippen LogP contribution is 2.36. The molecule has 5 nitrogen and oxygen atoms in total. The zero-order chi connectivity index (χ0) is 23.8. The number of amides is 1. The standard InChI is InChI=1S/C29H31N3O2/c1-19-9-7-10-20(2)27(19)32-18-23(17-26(32)33)29-30-24-13-5-6-14-25(24)31(29)15-16-34-28-21(3)11-8-12-22(28)4/h5-14,23H,15-18H2,1-4H3/t23-/m0/s1. The summed E-state index contributed by atoms with van der Waals surface area (Å²) in [5.41, 5.74) is 7.62. The highest BCUT2D eigenvalue weighted by molar-refractivity contribution is 5.98. The van der Waals surface area contributed by atoms with Gasteiger partial charge in [0.05, 0.1) is 17.6 Å². The average molecular weight is 454 g/mol. The normalized spacial score (nSPS) is 15.9. The van der Waals surface area contributed by atoms with Gasteiger partial charge in [0.1, 0.15) is 18.2 Å². The molecule has 2 heterocycles. The molecule has 1 amide bonds. The van der Waals surface area contributed by atoms with Crippen molar-refractivity contribution in [2.45, 2.75) is 46.6 Å². The van der Waals surface area contributed by atoms with Crippen molar-refractivity contribution in [3.63, 3.8) is 0 Å². The SMILES string of the molecule is Cc1cccc(C)c1OCCn1c([C@H]2CC(=O)N(c3c(C)cccc3C)C2)nc2ccccc21. The van der Waals surface area contributed by atoms with Crippen molar-refractivity contribution in [2.24, 2.45) is 0 Å². The summed E-state index contributed by atoms with van der Waals surface area (Å²) in [4.78, 5) is 20.1. The van der Waals surface area contributed by atoms with E-state index in [1.165, 1.54) is 0 Å². The van der Waals surface area contributed by atoms with Crippen molar-refractivity contribution in [1.82, 2.24) is 9.55 Å². The van der Waals surface area contributed by atoms with E-state index in [-0.39, 0.29) is 11.8 Å². The summed E-state index contributed by atoms with van der Waals surface area (Å²) in [6.45, 7) is 10.2. The first-order chi connectivity index (χ1) is 16.4. The predicted molar refractivity (Wildman–Crippen MR) is 137 cm³/mol. The molecule has 34 heavy (non-hydrogen) atoms. The average Bonchev–Trinajstić information content (AvgIpc) is 3.36. The van der Waals surface area contributed by atoms with Gasteiger partial charge in [-0.05, 0) is 62.1 Å². The number of nitrogens with zero attached hydrogens (tertiary/aromatic N) is 3. The third kappa shape index (κ3) is 3.96. The lowest BCUT2D eigenvalue weighted by Gasteiger charge is -2.21. The van der Waals surface area contributed by atoms with Crippen LogP contribution in [0.4, 0.5) is 5.69 Å². The molecule has 3 aromatic carbocycles. The van der Waals surface area contributed by atoms with Crippen LogP contribution in [0.3, 0.4) is 0 Å². The van der Waals surface area contributed by atoms with Crippen LogP contribution in [0.5, 0.6) is 5.75 Å². The molecule has 1 atom stereocenters. The summed E-state index contributed by atoms with van der Waals surface area (Å²) in [5, 5.41) is 0. The van der Waals surface area contributed by atoms with Crippen molar-refractivity contribution in [2.75, 3.05) is 18.1 Å². The Kier molecular flexibility index (Phi) is 5.86. The van der Waals surface area contributed by atoms with Crippen LogP contribution >= 0.6 is 0 Å². The van der Waals surface area contributed by atoms with Crippen molar-refractivity contribution >= 4 is 22.6 Å². The summed E-state index contributed by atoms with van der Waals surface area (Å²) >= 11 is 0. The van der Waals surface area contributed by atoms with Gasteiger partial charge in [-0.2, -0.15) is 0 Å². The number of anilines is 1. The van der Waals surface area contributed by atoms with Crippen LogP contribution in [0.1, 0.15) is 40.4 Å². The zero-order valence-electron chi connectivity index (χ0n) is 20.3. The van der Waals surface area contributed by atoms with Gasteiger partial charge in [-0.1, -0.05) is 48.5 Å². The quantitative estimate of drug-likeness (QED) is 0.367. The van der Waals surface area contributed by atoms with E-state index in [4.69, 9.17) is 9.72 Å². The van der Waals surface area contributed by atoms with E-state index >= 15 is 0 Å². The van der Waals surface area contributed by atoms with Gasteiger partial charge in [0.2, 0.25) is 5.91 Å². The molecule has 5 heteroatoms. The number of ether oxygens (including phenoxy) is 1. The van der Waals surface area contributed by atoms with E-state index in [9.17, 15) is 4.79 Å². The Labute approximate surface area is 201 Å². The van der Waals surface area contributed by atoms with Gasteiger partial charge >= 0.3 is 0 Å². The first-order valence-corrected chi connectivity index (χ1v) is 11.9. The molecule has 0 saturated carbocycles. The molecule has 0 aliphatic carbocycles. The Bertz CT molecular complexity index is 1330. The summed E-state index contributed by atoms with van der Waals surface area (Å²) in [6, 6.07) is 20.6. The van der Waals surface area contributed by atoms with Crippen LogP contribution in [0.2, 0.25) is 0 Å². The van der Waals surface area contributed by atoms with Crippen LogP contribution in [0.15, 0.2) is 60.7 Å². The molecule has 0 N–H and O–H groups in total. The van der Waals surface area contributed by atoms with Gasteiger partial charge in [-0.3, -0.25) is 4.79 Å². The van der Waals surface area contributed by atoms with Gasteiger partial charge in [0.25, 0.3) is 0 Å². The molecular weight excluding hydrogens is 422 g/mol. The Morgan fingerprint density at radius 3 is 2.24 bits per heavy atom. The monoisotopic (exact) mass is 453 g/mol. The maximum atomic E-state index is 13.1. The number of para-hydroxylation sites is 4. The Morgan fingerprint density at radius 2 is 1.53 bits per heavy atom. The first kappa shape index (κ1) is 22.2. The van der Waals surface area contributed by atoms with Gasteiger partial charge < -0.3 is 14.2 Å². The van der Waals surface area contributed by atoms with Crippen LogP contribution in [0.25, 0.3) is 11.0 Å². The number of benzene rings is 3. The Morgan fingerprint density at radius 1 is 0.882 bits per heavy atom. The van der Waals surface area contributed by atoms with E-state index in [1.807, 2.05) is 29.2 Å². The summed E-state index contributed by atoms with van der Waals surface area (Å²) < 4.78 is 8.47. The van der Waals surface area contributed by atoms with E-state index in [0.717, 1.165) is 50.5 Å². The first-order valence-electron chi connectivity index (χ1n) is 11.9. The predicted octanol–water partition coefficient (Wildman–Crippen LogP) is 5.87. The third-order valence-electron chi connectivity index (χ3n) is 6.85. The van der Waals surface area contributed by atoms with E-state index < -0.39 is 0 Å². The van der Waals surface area contributed by atoms with Gasteiger partial charge in [-0.15, -0.1) is 0 Å². The molecule has 0 bridgehead atoms. The largest absolute Gasteiger partial charge is 0.491 e. The minimum absolute atomic E-state index is 0.0408. The van der Waals surface area contributed by atoms with Gasteiger partial charge in [-0.25, -0.2) is 4.98 Å². The van der Waals surface area contributed by atoms with E-state index in [1.54, 1.807) is 0 Å². The topological polar surface area (TPSA) is 47.4 Å². The lowest BCUT2D eigenvalue weighted by molar-refractivity contribution is -0.117. The molecule has 5 rings (SSSR count). The van der Waals surface area contributed by atoms with Crippen molar-refractivity contribution in [1.29, 1.82) is 0 Å². The van der Waals surface area contributed by atoms with Crippen molar-refractivity contribution < 1.29 is 9.53 Å². The van der Waals surface area contributed by atoms with Gasteiger partial charge in [0.15, 0.2) is 0 Å². The molecule has 0 spiro atoms. The summed E-state index contributed by atoms with van der Waals surface area (Å²) in [5.74, 6) is 2.12. The molecule has 1 aromatic heterocycles. The van der Waals surface area contributed by atoms with Crippen LogP contribution in [-0.2, 0) is 11.3 Å². The number of imidazole rings is 1. The number of carbonyl (C=O) groups is 1. The maximum Gasteiger partial charge on any atom is 0.227 e. The molecule has 4 aromatic rings. The summed E-state index contributed by atoms with van der Waals surface area (Å²) in [6.07, 6.45) is 0.467. The fourth-order valence-electron chi connectivity index (χ4n) is 5.23. The van der Waals surface area contributed by atoms with E-state index in [2.05, 4.69) is 68.7 Å². The molecule has 0 unspecified atom stereocenters. The second-order valence-corrected chi connectivity index (χ2v) is 9.33. The number of fused-ring (bicyclic) bond motifs is 1. The molecule has 1 fully saturated rings. The Balaban J connectivity index is 1.44. The minimum atomic E-state index is 0.0408.